The van der Waals surface area contributed by atoms with Crippen molar-refractivity contribution in [1.29, 1.82) is 0 Å². The van der Waals surface area contributed by atoms with Crippen molar-refractivity contribution in [2.24, 2.45) is 5.73 Å². The van der Waals surface area contributed by atoms with E-state index in [2.05, 4.69) is 26.2 Å². The average molecular weight is 312 g/mol. The predicted octanol–water partition coefficient (Wildman–Crippen LogP) is 2.54. The van der Waals surface area contributed by atoms with Gasteiger partial charge in [-0.1, -0.05) is 22.0 Å². The van der Waals surface area contributed by atoms with E-state index in [0.29, 0.717) is 5.01 Å². The number of halogens is 1. The molecular weight excluding hydrogens is 302 g/mol. The van der Waals surface area contributed by atoms with Gasteiger partial charge >= 0.3 is 0 Å². The summed E-state index contributed by atoms with van der Waals surface area (Å²) in [6.45, 7) is 0. The summed E-state index contributed by atoms with van der Waals surface area (Å²) >= 11 is 4.77. The van der Waals surface area contributed by atoms with Gasteiger partial charge in [0.05, 0.1) is 0 Å². The van der Waals surface area contributed by atoms with Gasteiger partial charge in [-0.15, -0.1) is 11.3 Å². The maximum Gasteiger partial charge on any atom is 0.247 e. The van der Waals surface area contributed by atoms with Crippen LogP contribution in [0.1, 0.15) is 11.0 Å². The van der Waals surface area contributed by atoms with E-state index < -0.39 is 11.9 Å². The summed E-state index contributed by atoms with van der Waals surface area (Å²) in [5, 5.41) is 5.54. The van der Waals surface area contributed by atoms with Gasteiger partial charge in [-0.25, -0.2) is 4.98 Å². The van der Waals surface area contributed by atoms with E-state index in [1.54, 1.807) is 6.20 Å². The number of rotatable bonds is 4. The smallest absolute Gasteiger partial charge is 0.247 e. The third-order valence-electron chi connectivity index (χ3n) is 2.12. The van der Waals surface area contributed by atoms with Crippen LogP contribution in [0.4, 0.5) is 5.69 Å². The summed E-state index contributed by atoms with van der Waals surface area (Å²) in [4.78, 5) is 15.5. The van der Waals surface area contributed by atoms with Gasteiger partial charge in [0.25, 0.3) is 0 Å². The minimum Gasteiger partial charge on any atom is -0.368 e. The van der Waals surface area contributed by atoms with Crippen LogP contribution in [0, 0.1) is 0 Å². The second-order valence-electron chi connectivity index (χ2n) is 3.36. The summed E-state index contributed by atoms with van der Waals surface area (Å²) in [6, 6.07) is 6.95. The molecule has 1 amide bonds. The lowest BCUT2D eigenvalue weighted by molar-refractivity contribution is -0.118. The van der Waals surface area contributed by atoms with Gasteiger partial charge in [0.2, 0.25) is 5.91 Å². The molecular formula is C11H10BrN3OS. The Kier molecular flexibility index (Phi) is 3.75. The fraction of sp³-hybridized carbons (Fsp3) is 0.0909. The number of amides is 1. The van der Waals surface area contributed by atoms with Gasteiger partial charge in [-0.3, -0.25) is 4.79 Å². The van der Waals surface area contributed by atoms with Gasteiger partial charge in [0.1, 0.15) is 5.01 Å². The van der Waals surface area contributed by atoms with Crippen LogP contribution in [0.5, 0.6) is 0 Å². The fourth-order valence-electron chi connectivity index (χ4n) is 1.38. The van der Waals surface area contributed by atoms with Crippen molar-refractivity contribution in [2.75, 3.05) is 5.32 Å². The molecule has 1 unspecified atom stereocenters. The third kappa shape index (κ3) is 3.04. The van der Waals surface area contributed by atoms with Gasteiger partial charge in [-0.2, -0.15) is 0 Å². The van der Waals surface area contributed by atoms with E-state index in [-0.39, 0.29) is 0 Å². The highest BCUT2D eigenvalue weighted by Gasteiger charge is 2.19. The number of carbonyl (C=O) groups excluding carboxylic acids is 1. The summed E-state index contributed by atoms with van der Waals surface area (Å²) in [7, 11) is 0. The van der Waals surface area contributed by atoms with Crippen molar-refractivity contribution in [3.63, 3.8) is 0 Å². The van der Waals surface area contributed by atoms with Crippen LogP contribution in [0.15, 0.2) is 40.3 Å². The van der Waals surface area contributed by atoms with Crippen molar-refractivity contribution < 1.29 is 4.79 Å². The Labute approximate surface area is 111 Å². The number of aromatic nitrogens is 1. The Morgan fingerprint density at radius 1 is 1.53 bits per heavy atom. The fourth-order valence-corrected chi connectivity index (χ4v) is 2.47. The number of nitrogens with two attached hydrogens (primary N) is 1. The molecule has 0 aliphatic carbocycles. The van der Waals surface area contributed by atoms with E-state index in [9.17, 15) is 4.79 Å². The molecule has 2 aromatic rings. The molecule has 6 heteroatoms. The summed E-state index contributed by atoms with van der Waals surface area (Å²) in [5.74, 6) is -0.445. The number of benzene rings is 1. The second-order valence-corrected chi connectivity index (χ2v) is 5.20. The van der Waals surface area contributed by atoms with Crippen LogP contribution in [0.3, 0.4) is 0 Å². The SMILES string of the molecule is NC(=O)C(Nc1cccc(Br)c1)c1nccs1. The van der Waals surface area contributed by atoms with E-state index >= 15 is 0 Å². The minimum atomic E-state index is -0.593. The van der Waals surface area contributed by atoms with Crippen LogP contribution in [-0.4, -0.2) is 10.9 Å². The van der Waals surface area contributed by atoms with Crippen molar-refractivity contribution in [3.8, 4) is 0 Å². The lowest BCUT2D eigenvalue weighted by Gasteiger charge is -2.14. The summed E-state index contributed by atoms with van der Waals surface area (Å²) < 4.78 is 0.935. The summed E-state index contributed by atoms with van der Waals surface area (Å²) in [6.07, 6.45) is 1.65. The van der Waals surface area contributed by atoms with Crippen LogP contribution in [0.2, 0.25) is 0 Å². The summed E-state index contributed by atoms with van der Waals surface area (Å²) in [5.41, 5.74) is 6.19. The number of primary amides is 1. The largest absolute Gasteiger partial charge is 0.368 e. The molecule has 1 aromatic heterocycles. The van der Waals surface area contributed by atoms with Crippen molar-refractivity contribution >= 4 is 38.9 Å². The molecule has 17 heavy (non-hydrogen) atoms. The van der Waals surface area contributed by atoms with Gasteiger partial charge in [0, 0.05) is 21.7 Å². The lowest BCUT2D eigenvalue weighted by Crippen LogP contribution is -2.27. The highest BCUT2D eigenvalue weighted by Crippen LogP contribution is 2.23. The number of hydrogen-bond acceptors (Lipinski definition) is 4. The Bertz CT molecular complexity index is 515. The first-order valence-electron chi connectivity index (χ1n) is 4.87. The van der Waals surface area contributed by atoms with E-state index in [1.807, 2.05) is 29.6 Å². The average Bonchev–Trinajstić information content (AvgIpc) is 2.78. The maximum atomic E-state index is 11.4. The standard InChI is InChI=1S/C11H10BrN3OS/c12-7-2-1-3-8(6-7)15-9(10(13)16)11-14-4-5-17-11/h1-6,9,15H,(H2,13,16). The quantitative estimate of drug-likeness (QED) is 0.911. The van der Waals surface area contributed by atoms with Crippen LogP contribution in [-0.2, 0) is 4.79 Å². The number of hydrogen-bond donors (Lipinski definition) is 2. The molecule has 1 aromatic carbocycles. The molecule has 2 rings (SSSR count). The Hall–Kier alpha value is -1.40. The molecule has 0 saturated carbocycles. The van der Waals surface area contributed by atoms with Crippen molar-refractivity contribution in [1.82, 2.24) is 4.98 Å². The lowest BCUT2D eigenvalue weighted by atomic mass is 10.2. The molecule has 0 spiro atoms. The minimum absolute atomic E-state index is 0.445. The van der Waals surface area contributed by atoms with Crippen LogP contribution in [0.25, 0.3) is 0 Å². The zero-order valence-corrected chi connectivity index (χ0v) is 11.2. The highest BCUT2D eigenvalue weighted by atomic mass is 79.9. The normalized spacial score (nSPS) is 12.1. The second kappa shape index (κ2) is 5.29. The van der Waals surface area contributed by atoms with Crippen LogP contribution < -0.4 is 11.1 Å². The Balaban J connectivity index is 2.22. The zero-order valence-electron chi connectivity index (χ0n) is 8.76. The molecule has 1 atom stereocenters. The molecule has 1 heterocycles. The number of anilines is 1. The number of carbonyl (C=O) groups is 1. The number of nitrogens with one attached hydrogen (secondary N) is 1. The molecule has 0 aliphatic heterocycles. The van der Waals surface area contributed by atoms with Gasteiger partial charge < -0.3 is 11.1 Å². The van der Waals surface area contributed by atoms with E-state index in [0.717, 1.165) is 10.2 Å². The van der Waals surface area contributed by atoms with Crippen molar-refractivity contribution in [3.05, 3.63) is 45.3 Å². The number of nitrogens with zero attached hydrogens (tertiary/aromatic N) is 1. The topological polar surface area (TPSA) is 68.0 Å². The first kappa shape index (κ1) is 12.1. The molecule has 0 saturated heterocycles. The molecule has 3 N–H and O–H groups in total. The Morgan fingerprint density at radius 2 is 2.35 bits per heavy atom. The van der Waals surface area contributed by atoms with E-state index in [4.69, 9.17) is 5.73 Å². The first-order valence-corrected chi connectivity index (χ1v) is 6.55. The first-order chi connectivity index (χ1) is 8.16. The van der Waals surface area contributed by atoms with Crippen molar-refractivity contribution in [2.45, 2.75) is 6.04 Å². The molecule has 0 radical (unpaired) electrons. The molecule has 4 nitrogen and oxygen atoms in total. The predicted molar refractivity (Wildman–Crippen MR) is 71.8 cm³/mol. The molecule has 0 bridgehead atoms. The van der Waals surface area contributed by atoms with Gasteiger partial charge in [-0.05, 0) is 18.2 Å². The molecule has 0 fully saturated rings. The van der Waals surface area contributed by atoms with E-state index in [1.165, 1.54) is 11.3 Å². The molecule has 0 aliphatic rings. The molecule has 88 valence electrons. The third-order valence-corrected chi connectivity index (χ3v) is 3.45. The highest BCUT2D eigenvalue weighted by molar-refractivity contribution is 9.10. The maximum absolute atomic E-state index is 11.4. The van der Waals surface area contributed by atoms with Gasteiger partial charge in [0.15, 0.2) is 6.04 Å². The van der Waals surface area contributed by atoms with Crippen LogP contribution >= 0.6 is 27.3 Å². The zero-order chi connectivity index (χ0) is 12.3. The number of thiazole rings is 1. The monoisotopic (exact) mass is 311 g/mol. The Morgan fingerprint density at radius 3 is 2.94 bits per heavy atom.